The number of phosphoric acid groups is 2. The molecule has 0 aliphatic rings. The number of aliphatic hydroxyl groups is 1. The van der Waals surface area contributed by atoms with Crippen molar-refractivity contribution in [2.75, 3.05) is 39.6 Å². The number of carbonyl (C=O) groups excluding carboxylic acids is 4. The fourth-order valence-corrected chi connectivity index (χ4v) is 15.1. The number of hydrogen-bond donors (Lipinski definition) is 3. The SMILES string of the molecule is CCCCCCCCCCCCCCCCCCCCC(=O)O[C@H](COC(=O)CCCCCCCCC(C)C)COP(=O)(O)OC[C@H](O)COP(=O)(O)OC[C@@H](COC(=O)CCCCCCCCCCCCCCCCCC(C)C)OC(=O)CCCCCCCCCCCCCCCCCCCCC(C)C. The van der Waals surface area contributed by atoms with Gasteiger partial charge in [-0.15, -0.1) is 0 Å². The topological polar surface area (TPSA) is 237 Å². The number of carbonyl (C=O) groups is 4. The molecule has 0 rings (SSSR count). The minimum atomic E-state index is -4.97. The lowest BCUT2D eigenvalue weighted by molar-refractivity contribution is -0.161. The highest BCUT2D eigenvalue weighted by molar-refractivity contribution is 7.47. The smallest absolute Gasteiger partial charge is 0.462 e. The number of rotatable bonds is 85. The number of esters is 4. The highest BCUT2D eigenvalue weighted by atomic mass is 31.2. The molecule has 2 unspecified atom stereocenters. The normalized spacial score (nSPS) is 13.9. The van der Waals surface area contributed by atoms with E-state index in [-0.39, 0.29) is 25.7 Å². The van der Waals surface area contributed by atoms with Gasteiger partial charge in [-0.25, -0.2) is 9.13 Å². The van der Waals surface area contributed by atoms with Crippen LogP contribution >= 0.6 is 15.6 Å². The summed E-state index contributed by atoms with van der Waals surface area (Å²) in [6.45, 7) is 12.0. The zero-order valence-electron chi connectivity index (χ0n) is 69.9. The average molecular weight is 1550 g/mol. The van der Waals surface area contributed by atoms with Crippen molar-refractivity contribution < 1.29 is 80.2 Å². The van der Waals surface area contributed by atoms with Crippen molar-refractivity contribution in [2.24, 2.45) is 17.8 Å². The van der Waals surface area contributed by atoms with Gasteiger partial charge in [0.1, 0.15) is 19.3 Å². The molecule has 0 saturated carbocycles. The van der Waals surface area contributed by atoms with E-state index < -0.39 is 97.5 Å². The van der Waals surface area contributed by atoms with Gasteiger partial charge in [0.2, 0.25) is 0 Å². The minimum Gasteiger partial charge on any atom is -0.462 e. The molecule has 0 aromatic carbocycles. The summed E-state index contributed by atoms with van der Waals surface area (Å²) in [4.78, 5) is 73.2. The Labute approximate surface area is 651 Å². The Kier molecular flexibility index (Phi) is 75.6. The molecule has 0 heterocycles. The van der Waals surface area contributed by atoms with Crippen LogP contribution in [0.3, 0.4) is 0 Å². The lowest BCUT2D eigenvalue weighted by Crippen LogP contribution is -2.30. The van der Waals surface area contributed by atoms with Crippen LogP contribution in [0.25, 0.3) is 0 Å². The van der Waals surface area contributed by atoms with Crippen LogP contribution in [-0.2, 0) is 65.4 Å². The van der Waals surface area contributed by atoms with Gasteiger partial charge in [0.05, 0.1) is 26.4 Å². The Morgan fingerprint density at radius 3 is 0.642 bits per heavy atom. The summed E-state index contributed by atoms with van der Waals surface area (Å²) >= 11 is 0. The minimum absolute atomic E-state index is 0.108. The number of aliphatic hydroxyl groups excluding tert-OH is 1. The summed E-state index contributed by atoms with van der Waals surface area (Å²) in [6, 6.07) is 0. The summed E-state index contributed by atoms with van der Waals surface area (Å²) in [5.74, 6) is 0.201. The van der Waals surface area contributed by atoms with E-state index in [0.717, 1.165) is 108 Å². The van der Waals surface area contributed by atoms with Gasteiger partial charge in [-0.2, -0.15) is 0 Å². The zero-order valence-corrected chi connectivity index (χ0v) is 71.7. The summed E-state index contributed by atoms with van der Waals surface area (Å²) in [6.07, 6.45) is 68.3. The van der Waals surface area contributed by atoms with Crippen molar-refractivity contribution in [3.63, 3.8) is 0 Å². The lowest BCUT2D eigenvalue weighted by atomic mass is 10.0. The molecule has 0 aliphatic heterocycles. The Balaban J connectivity index is 5.21. The van der Waals surface area contributed by atoms with Crippen LogP contribution in [0.15, 0.2) is 0 Å². The van der Waals surface area contributed by atoms with E-state index in [4.69, 9.17) is 37.0 Å². The maximum absolute atomic E-state index is 13.1. The monoisotopic (exact) mass is 1550 g/mol. The molecule has 0 spiro atoms. The molecule has 3 N–H and O–H groups in total. The van der Waals surface area contributed by atoms with Crippen molar-refractivity contribution in [2.45, 2.75) is 478 Å². The summed E-state index contributed by atoms with van der Waals surface area (Å²) in [5.41, 5.74) is 0. The van der Waals surface area contributed by atoms with Crippen molar-refractivity contribution in [3.8, 4) is 0 Å². The van der Waals surface area contributed by atoms with Crippen LogP contribution in [0.1, 0.15) is 459 Å². The van der Waals surface area contributed by atoms with E-state index in [2.05, 4.69) is 48.5 Å². The fraction of sp³-hybridized carbons (Fsp3) is 0.954. The molecule has 0 fully saturated rings. The maximum Gasteiger partial charge on any atom is 0.472 e. The zero-order chi connectivity index (χ0) is 77.9. The van der Waals surface area contributed by atoms with Gasteiger partial charge in [0.25, 0.3) is 0 Å². The van der Waals surface area contributed by atoms with Crippen LogP contribution in [0.2, 0.25) is 0 Å². The molecule has 0 saturated heterocycles. The molecule has 0 bridgehead atoms. The van der Waals surface area contributed by atoms with Gasteiger partial charge in [0.15, 0.2) is 12.2 Å². The van der Waals surface area contributed by atoms with Crippen LogP contribution in [0, 0.1) is 17.8 Å². The summed E-state index contributed by atoms with van der Waals surface area (Å²) < 4.78 is 68.9. The van der Waals surface area contributed by atoms with Gasteiger partial charge >= 0.3 is 39.5 Å². The van der Waals surface area contributed by atoms with Crippen LogP contribution in [0.5, 0.6) is 0 Å². The second-order valence-electron chi connectivity index (χ2n) is 32.7. The van der Waals surface area contributed by atoms with E-state index >= 15 is 0 Å². The Morgan fingerprint density at radius 2 is 0.434 bits per heavy atom. The highest BCUT2D eigenvalue weighted by Crippen LogP contribution is 2.45. The number of ether oxygens (including phenoxy) is 4. The Bertz CT molecular complexity index is 2040. The van der Waals surface area contributed by atoms with E-state index in [0.29, 0.717) is 31.6 Å². The van der Waals surface area contributed by atoms with Crippen LogP contribution in [-0.4, -0.2) is 96.7 Å². The molecule has 17 nitrogen and oxygen atoms in total. The van der Waals surface area contributed by atoms with Gasteiger partial charge < -0.3 is 33.8 Å². The average Bonchev–Trinajstić information content (AvgIpc) is 0.900. The third kappa shape index (κ3) is 80.1. The van der Waals surface area contributed by atoms with Gasteiger partial charge in [-0.05, 0) is 43.4 Å². The molecular formula is C87H170O17P2. The van der Waals surface area contributed by atoms with Crippen LogP contribution < -0.4 is 0 Å². The highest BCUT2D eigenvalue weighted by Gasteiger charge is 2.30. The molecule has 106 heavy (non-hydrogen) atoms. The predicted molar refractivity (Wildman–Crippen MR) is 437 cm³/mol. The van der Waals surface area contributed by atoms with E-state index in [1.807, 2.05) is 0 Å². The second kappa shape index (κ2) is 77.0. The molecule has 5 atom stereocenters. The largest absolute Gasteiger partial charge is 0.472 e. The standard InChI is InChI=1S/C87H170O17P2/c1-8-9-10-11-12-13-14-15-16-17-21-26-32-37-42-47-56-64-71-87(92)104-83(75-98-85(90)69-62-55-50-49-53-60-67-80(6)7)77-102-106(95,96)100-73-81(88)72-99-105(93,94)101-76-82(74-97-84(89)68-61-54-46-41-36-31-28-23-25-30-35-40-45-52-59-66-79(4)5)103-86(91)70-63-57-48-43-38-33-27-22-19-18-20-24-29-34-39-44-51-58-65-78(2)3/h78-83,88H,8-77H2,1-7H3,(H,93,94)(H,95,96)/t81-,82-,83-/m1/s1. The van der Waals surface area contributed by atoms with Gasteiger partial charge in [-0.3, -0.25) is 37.3 Å². The first-order chi connectivity index (χ1) is 51.2. The molecular weight excluding hydrogens is 1380 g/mol. The quantitative estimate of drug-likeness (QED) is 0.0222. The molecule has 630 valence electrons. The third-order valence-corrected chi connectivity index (χ3v) is 22.3. The number of hydrogen-bond acceptors (Lipinski definition) is 15. The van der Waals surface area contributed by atoms with Crippen molar-refractivity contribution in [1.29, 1.82) is 0 Å². The maximum atomic E-state index is 13.1. The number of unbranched alkanes of at least 4 members (excludes halogenated alkanes) is 53. The first kappa shape index (κ1) is 104. The molecule has 0 aliphatic carbocycles. The summed E-state index contributed by atoms with van der Waals surface area (Å²) in [5, 5.41) is 10.7. The fourth-order valence-electron chi connectivity index (χ4n) is 13.5. The number of phosphoric ester groups is 2. The Morgan fingerprint density at radius 1 is 0.255 bits per heavy atom. The lowest BCUT2D eigenvalue weighted by Gasteiger charge is -2.21. The third-order valence-electron chi connectivity index (χ3n) is 20.4. The van der Waals surface area contributed by atoms with E-state index in [1.165, 1.54) is 263 Å². The van der Waals surface area contributed by atoms with Crippen molar-refractivity contribution in [3.05, 3.63) is 0 Å². The first-order valence-electron chi connectivity index (χ1n) is 44.8. The van der Waals surface area contributed by atoms with E-state index in [1.54, 1.807) is 0 Å². The van der Waals surface area contributed by atoms with Crippen LogP contribution in [0.4, 0.5) is 0 Å². The summed E-state index contributed by atoms with van der Waals surface area (Å²) in [7, 11) is -9.93. The predicted octanol–water partition coefficient (Wildman–Crippen LogP) is 26.5. The van der Waals surface area contributed by atoms with E-state index in [9.17, 15) is 43.2 Å². The molecule has 0 radical (unpaired) electrons. The Hall–Kier alpha value is -1.94. The van der Waals surface area contributed by atoms with Crippen molar-refractivity contribution >= 4 is 39.5 Å². The second-order valence-corrected chi connectivity index (χ2v) is 35.6. The molecule has 0 amide bonds. The van der Waals surface area contributed by atoms with Gasteiger partial charge in [-0.1, -0.05) is 408 Å². The molecule has 19 heteroatoms. The van der Waals surface area contributed by atoms with Crippen molar-refractivity contribution in [1.82, 2.24) is 0 Å². The first-order valence-corrected chi connectivity index (χ1v) is 47.8. The molecule has 0 aromatic rings. The molecule has 0 aromatic heterocycles. The van der Waals surface area contributed by atoms with Gasteiger partial charge in [0, 0.05) is 25.7 Å².